The summed E-state index contributed by atoms with van der Waals surface area (Å²) in [5, 5.41) is 0. The zero-order chi connectivity index (χ0) is 9.41. The van der Waals surface area contributed by atoms with Gasteiger partial charge in [0.1, 0.15) is 0 Å². The van der Waals surface area contributed by atoms with Crippen molar-refractivity contribution in [2.75, 3.05) is 19.1 Å². The van der Waals surface area contributed by atoms with Crippen molar-refractivity contribution < 1.29 is 4.21 Å². The van der Waals surface area contributed by atoms with Crippen LogP contribution in [0.15, 0.2) is 4.36 Å². The zero-order valence-electron chi connectivity index (χ0n) is 8.04. The van der Waals surface area contributed by atoms with Crippen LogP contribution in [0.3, 0.4) is 0 Å². The van der Waals surface area contributed by atoms with Crippen molar-refractivity contribution >= 4 is 9.73 Å². The summed E-state index contributed by atoms with van der Waals surface area (Å²) in [5.74, 6) is 0.600. The monoisotopic (exact) mass is 190 g/mol. The van der Waals surface area contributed by atoms with Crippen LogP contribution in [0.2, 0.25) is 0 Å². The summed E-state index contributed by atoms with van der Waals surface area (Å²) in [4.78, 5) is 0. The number of rotatable bonds is 3. The molecule has 0 bridgehead atoms. The van der Waals surface area contributed by atoms with Gasteiger partial charge in [0.15, 0.2) is 0 Å². The van der Waals surface area contributed by atoms with Crippen LogP contribution in [0.25, 0.3) is 0 Å². The first-order chi connectivity index (χ1) is 5.31. The molecule has 0 aliphatic heterocycles. The molecule has 1 rings (SSSR count). The molecule has 0 amide bonds. The first-order valence-corrected chi connectivity index (χ1v) is 6.56. The second-order valence-electron chi connectivity index (χ2n) is 4.25. The van der Waals surface area contributed by atoms with E-state index in [1.54, 1.807) is 12.5 Å². The second-order valence-corrected chi connectivity index (χ2v) is 6.87. The molecule has 0 aromatic heterocycles. The minimum Gasteiger partial charge on any atom is -0.324 e. The molecule has 1 aliphatic rings. The molecule has 1 atom stereocenters. The Morgan fingerprint density at radius 1 is 1.58 bits per heavy atom. The predicted molar refractivity (Wildman–Crippen MR) is 52.6 cm³/mol. The fraction of sp³-hybridized carbons (Fsp3) is 1.00. The molecular formula is C8H18N2OS. The van der Waals surface area contributed by atoms with Crippen LogP contribution in [0.5, 0.6) is 0 Å². The van der Waals surface area contributed by atoms with Gasteiger partial charge in [-0.2, -0.15) is 0 Å². The Morgan fingerprint density at radius 2 is 2.08 bits per heavy atom. The maximum Gasteiger partial charge on any atom is 0.0664 e. The lowest BCUT2D eigenvalue weighted by Crippen LogP contribution is -2.42. The van der Waals surface area contributed by atoms with Gasteiger partial charge in [-0.05, 0) is 25.7 Å². The summed E-state index contributed by atoms with van der Waals surface area (Å²) in [6, 6.07) is 0. The molecule has 3 nitrogen and oxygen atoms in total. The van der Waals surface area contributed by atoms with Crippen molar-refractivity contribution in [3.8, 4) is 0 Å². The molecule has 0 saturated heterocycles. The Hall–Kier alpha value is -0.0900. The minimum atomic E-state index is -1.97. The summed E-state index contributed by atoms with van der Waals surface area (Å²) >= 11 is 0. The molecule has 12 heavy (non-hydrogen) atoms. The molecule has 4 heteroatoms. The molecule has 1 unspecified atom stereocenters. The van der Waals surface area contributed by atoms with E-state index in [9.17, 15) is 4.21 Å². The minimum absolute atomic E-state index is 0.227. The van der Waals surface area contributed by atoms with Crippen LogP contribution >= 0.6 is 0 Å². The zero-order valence-corrected chi connectivity index (χ0v) is 8.86. The Bertz CT molecular complexity index is 265. The van der Waals surface area contributed by atoms with E-state index < -0.39 is 9.73 Å². The number of hydrogen-bond acceptors (Lipinski definition) is 3. The fourth-order valence-corrected chi connectivity index (χ4v) is 1.76. The molecule has 1 fully saturated rings. The summed E-state index contributed by atoms with van der Waals surface area (Å²) < 4.78 is 15.3. The van der Waals surface area contributed by atoms with E-state index in [-0.39, 0.29) is 5.54 Å². The van der Waals surface area contributed by atoms with E-state index >= 15 is 0 Å². The van der Waals surface area contributed by atoms with Crippen LogP contribution in [-0.4, -0.2) is 28.8 Å². The highest BCUT2D eigenvalue weighted by Crippen LogP contribution is 2.38. The summed E-state index contributed by atoms with van der Waals surface area (Å²) in [7, 11) is -1.97. The van der Waals surface area contributed by atoms with Gasteiger partial charge in [0, 0.05) is 27.8 Å². The lowest BCUT2D eigenvalue weighted by molar-refractivity contribution is 0.422. The largest absolute Gasteiger partial charge is 0.324 e. The normalized spacial score (nSPS) is 23.3. The van der Waals surface area contributed by atoms with Gasteiger partial charge in [0.2, 0.25) is 0 Å². The Balaban J connectivity index is 2.56. The fourth-order valence-electron chi connectivity index (χ4n) is 1.17. The molecule has 2 N–H and O–H groups in total. The van der Waals surface area contributed by atoms with E-state index in [0.717, 1.165) is 0 Å². The highest BCUT2D eigenvalue weighted by atomic mass is 32.2. The highest BCUT2D eigenvalue weighted by molar-refractivity contribution is 7.92. The maximum atomic E-state index is 11.3. The highest BCUT2D eigenvalue weighted by Gasteiger charge is 2.38. The smallest absolute Gasteiger partial charge is 0.0664 e. The summed E-state index contributed by atoms with van der Waals surface area (Å²) in [5.41, 5.74) is 5.78. The predicted octanol–water partition coefficient (Wildman–Crippen LogP) is 0.841. The third-order valence-electron chi connectivity index (χ3n) is 2.23. The van der Waals surface area contributed by atoms with Gasteiger partial charge in [0.05, 0.1) is 6.54 Å². The van der Waals surface area contributed by atoms with Crippen LogP contribution in [0.1, 0.15) is 19.8 Å². The molecule has 1 aliphatic carbocycles. The van der Waals surface area contributed by atoms with E-state index in [2.05, 4.69) is 4.36 Å². The topological polar surface area (TPSA) is 55.4 Å². The molecule has 1 saturated carbocycles. The van der Waals surface area contributed by atoms with Crippen molar-refractivity contribution in [2.45, 2.75) is 25.3 Å². The van der Waals surface area contributed by atoms with Crippen molar-refractivity contribution in [1.29, 1.82) is 0 Å². The van der Waals surface area contributed by atoms with E-state index in [1.807, 2.05) is 6.92 Å². The third kappa shape index (κ3) is 3.11. The van der Waals surface area contributed by atoms with Gasteiger partial charge < -0.3 is 5.73 Å². The molecule has 0 aromatic carbocycles. The molecule has 0 radical (unpaired) electrons. The standard InChI is InChI=1S/C8H18N2OS/c1-8(9,7-4-5-7)6-10-12(2,3)11/h7H,4-6,9H2,1-3H3. The van der Waals surface area contributed by atoms with Gasteiger partial charge in [-0.25, -0.2) is 4.36 Å². The Labute approximate surface area is 74.9 Å². The first-order valence-electron chi connectivity index (χ1n) is 4.23. The van der Waals surface area contributed by atoms with Crippen LogP contribution < -0.4 is 5.73 Å². The molecule has 0 heterocycles. The van der Waals surface area contributed by atoms with Crippen molar-refractivity contribution in [3.05, 3.63) is 0 Å². The third-order valence-corrected chi connectivity index (χ3v) is 2.98. The number of hydrogen-bond donors (Lipinski definition) is 1. The van der Waals surface area contributed by atoms with Gasteiger partial charge in [0.25, 0.3) is 0 Å². The average Bonchev–Trinajstić information content (AvgIpc) is 2.62. The van der Waals surface area contributed by atoms with Crippen molar-refractivity contribution in [2.24, 2.45) is 16.0 Å². The van der Waals surface area contributed by atoms with Gasteiger partial charge >= 0.3 is 0 Å². The maximum absolute atomic E-state index is 11.3. The number of nitrogens with two attached hydrogens (primary N) is 1. The van der Waals surface area contributed by atoms with Crippen molar-refractivity contribution in [1.82, 2.24) is 0 Å². The van der Waals surface area contributed by atoms with Gasteiger partial charge in [-0.3, -0.25) is 4.21 Å². The van der Waals surface area contributed by atoms with Crippen LogP contribution in [0.4, 0.5) is 0 Å². The second kappa shape index (κ2) is 3.00. The van der Waals surface area contributed by atoms with Gasteiger partial charge in [-0.1, -0.05) is 0 Å². The molecule has 0 aromatic rings. The molecule has 72 valence electrons. The summed E-state index contributed by atoms with van der Waals surface area (Å²) in [6.07, 6.45) is 5.71. The summed E-state index contributed by atoms with van der Waals surface area (Å²) in [6.45, 7) is 2.53. The Morgan fingerprint density at radius 3 is 2.42 bits per heavy atom. The van der Waals surface area contributed by atoms with Crippen LogP contribution in [0, 0.1) is 5.92 Å². The quantitative estimate of drug-likeness (QED) is 0.717. The van der Waals surface area contributed by atoms with E-state index in [1.165, 1.54) is 12.8 Å². The van der Waals surface area contributed by atoms with Crippen LogP contribution in [-0.2, 0) is 9.73 Å². The van der Waals surface area contributed by atoms with E-state index in [4.69, 9.17) is 5.73 Å². The number of nitrogens with zero attached hydrogens (tertiary/aromatic N) is 1. The Kier molecular flexibility index (Phi) is 2.50. The average molecular weight is 190 g/mol. The first kappa shape index (κ1) is 9.99. The SMILES string of the molecule is CC(N)(CN=S(C)(C)=O)C1CC1. The lowest BCUT2D eigenvalue weighted by atomic mass is 9.98. The lowest BCUT2D eigenvalue weighted by Gasteiger charge is -2.21. The molecule has 0 spiro atoms. The van der Waals surface area contributed by atoms with Crippen molar-refractivity contribution in [3.63, 3.8) is 0 Å². The van der Waals surface area contributed by atoms with E-state index in [0.29, 0.717) is 12.5 Å². The van der Waals surface area contributed by atoms with Gasteiger partial charge in [-0.15, -0.1) is 0 Å². The molecular weight excluding hydrogens is 172 g/mol.